The predicted molar refractivity (Wildman–Crippen MR) is 107 cm³/mol. The van der Waals surface area contributed by atoms with Crippen molar-refractivity contribution < 1.29 is 8.76 Å². The molecule has 3 aromatic rings. The van der Waals surface area contributed by atoms with Crippen molar-refractivity contribution >= 4 is 55.5 Å². The Labute approximate surface area is 159 Å². The van der Waals surface area contributed by atoms with Crippen LogP contribution in [0.1, 0.15) is 5.56 Å². The first kappa shape index (κ1) is 18.6. The molecule has 3 rings (SSSR count). The summed E-state index contributed by atoms with van der Waals surface area (Å²) in [6, 6.07) is 8.89. The van der Waals surface area contributed by atoms with Crippen LogP contribution in [0, 0.1) is 0 Å². The Bertz CT molecular complexity index is 1030. The number of nitrogens with zero attached hydrogens (tertiary/aromatic N) is 2. The molecule has 10 N–H and O–H groups in total. The van der Waals surface area contributed by atoms with Gasteiger partial charge in [0, 0.05) is 23.2 Å². The van der Waals surface area contributed by atoms with Gasteiger partial charge in [0.05, 0.1) is 20.0 Å². The lowest BCUT2D eigenvalue weighted by Gasteiger charge is -2.16. The molecule has 1 atom stereocenters. The number of amidine groups is 1. The first-order valence-corrected chi connectivity index (χ1v) is 9.87. The fourth-order valence-electron chi connectivity index (χ4n) is 2.62. The van der Waals surface area contributed by atoms with E-state index in [0.717, 1.165) is 4.70 Å². The zero-order valence-corrected chi connectivity index (χ0v) is 15.6. The molecule has 0 fully saturated rings. The lowest BCUT2D eigenvalue weighted by molar-refractivity contribution is 0.659. The van der Waals surface area contributed by atoms with E-state index in [2.05, 4.69) is 15.6 Å². The summed E-state index contributed by atoms with van der Waals surface area (Å²) in [6.07, 6.45) is 0. The zero-order valence-electron chi connectivity index (χ0n) is 13.2. The van der Waals surface area contributed by atoms with Gasteiger partial charge >= 0.3 is 0 Å². The maximum Gasteiger partial charge on any atom is 0.181 e. The first-order valence-electron chi connectivity index (χ1n) is 7.07. The number of nitrogens with two attached hydrogens (primary N) is 4. The van der Waals surface area contributed by atoms with Crippen LogP contribution in [-0.2, 0) is 11.0 Å². The second kappa shape index (κ2) is 7.57. The average molecular weight is 410 g/mol. The van der Waals surface area contributed by atoms with Crippen LogP contribution in [0.5, 0.6) is 0 Å². The molecule has 0 aliphatic carbocycles. The van der Waals surface area contributed by atoms with Gasteiger partial charge in [0.1, 0.15) is 11.0 Å². The van der Waals surface area contributed by atoms with Crippen molar-refractivity contribution in [1.29, 1.82) is 0 Å². The summed E-state index contributed by atoms with van der Waals surface area (Å²) in [4.78, 5) is 4.81. The lowest BCUT2D eigenvalue weighted by atomic mass is 9.98. The van der Waals surface area contributed by atoms with Crippen molar-refractivity contribution in [3.63, 3.8) is 0 Å². The summed E-state index contributed by atoms with van der Waals surface area (Å²) in [7, 11) is -1.94. The molecule has 12 heteroatoms. The van der Waals surface area contributed by atoms with E-state index in [1.807, 2.05) is 18.2 Å². The van der Waals surface area contributed by atoms with E-state index in [9.17, 15) is 8.76 Å². The molecule has 0 radical (unpaired) electrons. The van der Waals surface area contributed by atoms with Gasteiger partial charge < -0.3 is 16.0 Å². The largest absolute Gasteiger partial charge is 0.382 e. The number of hydrazone groups is 1. The fraction of sp³-hybridized carbons (Fsp3) is 0. The van der Waals surface area contributed by atoms with Crippen LogP contribution in [0.25, 0.3) is 21.3 Å². The number of anilines is 1. The van der Waals surface area contributed by atoms with E-state index >= 15 is 0 Å². The van der Waals surface area contributed by atoms with Crippen LogP contribution in [0.3, 0.4) is 0 Å². The van der Waals surface area contributed by atoms with Gasteiger partial charge in [0.2, 0.25) is 0 Å². The van der Waals surface area contributed by atoms with Crippen molar-refractivity contribution in [2.75, 3.05) is 5.73 Å². The van der Waals surface area contributed by atoms with E-state index in [-0.39, 0.29) is 10.7 Å². The highest BCUT2D eigenvalue weighted by atomic mass is 32.2. The lowest BCUT2D eigenvalue weighted by Crippen LogP contribution is -2.26. The van der Waals surface area contributed by atoms with Crippen molar-refractivity contribution in [3.8, 4) is 11.1 Å². The highest BCUT2D eigenvalue weighted by Gasteiger charge is 2.23. The second-order valence-electron chi connectivity index (χ2n) is 5.03. The Morgan fingerprint density at radius 1 is 1.31 bits per heavy atom. The molecular formula is C14H15N7O2S3. The Kier molecular flexibility index (Phi) is 5.41. The number of rotatable bonds is 5. The molecule has 9 nitrogen and oxygen atoms in total. The molecule has 0 saturated carbocycles. The third-order valence-electron chi connectivity index (χ3n) is 3.59. The normalized spacial score (nSPS) is 13.1. The monoisotopic (exact) mass is 409 g/mol. The number of nitrogen functional groups attached to an aromatic ring is 1. The number of para-hydroxylation sites is 1. The number of thiazole rings is 1. The molecule has 2 aromatic carbocycles. The molecule has 0 aliphatic heterocycles. The van der Waals surface area contributed by atoms with Gasteiger partial charge in [-0.05, 0) is 17.7 Å². The van der Waals surface area contributed by atoms with E-state index in [1.165, 1.54) is 11.3 Å². The number of fused-ring (bicyclic) bond motifs is 1. The molecule has 0 saturated heterocycles. The summed E-state index contributed by atoms with van der Waals surface area (Å²) < 4.78 is 22.6. The molecule has 0 aliphatic rings. The number of hydrogen-bond donors (Lipinski definition) is 6. The van der Waals surface area contributed by atoms with Gasteiger partial charge in [-0.1, -0.05) is 29.5 Å². The van der Waals surface area contributed by atoms with Gasteiger partial charge in [-0.15, -0.1) is 5.10 Å². The van der Waals surface area contributed by atoms with Gasteiger partial charge in [0.25, 0.3) is 0 Å². The highest BCUT2D eigenvalue weighted by Crippen LogP contribution is 2.38. The SMILES string of the molecule is NN/N=C(\N)c1c(-c2cccc3sc(N)nc23)ccc(SO)c1S(N)=O. The minimum Gasteiger partial charge on any atom is -0.382 e. The average Bonchev–Trinajstić information content (AvgIpc) is 3.00. The second-order valence-corrected chi connectivity index (χ2v) is 7.72. The zero-order chi connectivity index (χ0) is 18.8. The Balaban J connectivity index is 2.42. The number of nitrogens with one attached hydrogen (secondary N) is 1. The fourth-order valence-corrected chi connectivity index (χ4v) is 4.74. The summed E-state index contributed by atoms with van der Waals surface area (Å²) in [5.41, 5.74) is 16.2. The topological polar surface area (TPSA) is 179 Å². The van der Waals surface area contributed by atoms with Crippen LogP contribution < -0.4 is 28.0 Å². The van der Waals surface area contributed by atoms with Crippen LogP contribution in [0.2, 0.25) is 0 Å². The van der Waals surface area contributed by atoms with Gasteiger partial charge in [-0.3, -0.25) is 0 Å². The van der Waals surface area contributed by atoms with E-state index in [1.54, 1.807) is 12.1 Å². The van der Waals surface area contributed by atoms with Gasteiger partial charge in [0.15, 0.2) is 11.0 Å². The molecule has 0 amide bonds. The molecule has 0 bridgehead atoms. The van der Waals surface area contributed by atoms with E-state index in [0.29, 0.717) is 44.3 Å². The molecule has 1 aromatic heterocycles. The third-order valence-corrected chi connectivity index (χ3v) is 5.93. The Morgan fingerprint density at radius 3 is 2.73 bits per heavy atom. The Morgan fingerprint density at radius 2 is 2.08 bits per heavy atom. The van der Waals surface area contributed by atoms with E-state index < -0.39 is 11.0 Å². The highest BCUT2D eigenvalue weighted by molar-refractivity contribution is 7.94. The number of hydrogen-bond acceptors (Lipinski definition) is 9. The van der Waals surface area contributed by atoms with Gasteiger partial charge in [-0.2, -0.15) is 0 Å². The summed E-state index contributed by atoms with van der Waals surface area (Å²) in [5, 5.41) is 9.84. The standard InChI is InChI=1S/C14H15N7O2S3/c15-13(20-21-17)10-6(4-5-9(25-22)12(10)26(18)23)7-2-1-3-8-11(7)19-14(16)24-8/h1-5,21-22H,17-18H2,(H2,15,20)(H2,16,19). The van der Waals surface area contributed by atoms with Crippen LogP contribution >= 0.6 is 23.4 Å². The molecular weight excluding hydrogens is 394 g/mol. The van der Waals surface area contributed by atoms with Crippen molar-refractivity contribution in [2.45, 2.75) is 9.79 Å². The predicted octanol–water partition coefficient (Wildman–Crippen LogP) is 1.18. The van der Waals surface area contributed by atoms with Crippen LogP contribution in [0.4, 0.5) is 5.13 Å². The smallest absolute Gasteiger partial charge is 0.181 e. The first-order chi connectivity index (χ1) is 12.5. The minimum atomic E-state index is -1.94. The van der Waals surface area contributed by atoms with E-state index in [4.69, 9.17) is 22.4 Å². The van der Waals surface area contributed by atoms with Crippen molar-refractivity contribution in [3.05, 3.63) is 35.9 Å². The summed E-state index contributed by atoms with van der Waals surface area (Å²) >= 11 is 1.76. The summed E-state index contributed by atoms with van der Waals surface area (Å²) in [6.45, 7) is 0. The minimum absolute atomic E-state index is 0.0348. The Hall–Kier alpha value is -2.22. The summed E-state index contributed by atoms with van der Waals surface area (Å²) in [5.74, 6) is 5.20. The molecule has 26 heavy (non-hydrogen) atoms. The van der Waals surface area contributed by atoms with Crippen molar-refractivity contribution in [1.82, 2.24) is 10.5 Å². The van der Waals surface area contributed by atoms with Crippen LogP contribution in [0.15, 0.2) is 45.2 Å². The van der Waals surface area contributed by atoms with Crippen molar-refractivity contribution in [2.24, 2.45) is 21.8 Å². The number of aromatic nitrogens is 1. The molecule has 136 valence electrons. The van der Waals surface area contributed by atoms with Gasteiger partial charge in [-0.25, -0.2) is 25.7 Å². The number of hydrazine groups is 1. The quantitative estimate of drug-likeness (QED) is 0.119. The number of benzene rings is 2. The molecule has 1 unspecified atom stereocenters. The van der Waals surface area contributed by atoms with Crippen LogP contribution in [-0.4, -0.2) is 19.6 Å². The maximum atomic E-state index is 12.2. The third kappa shape index (κ3) is 3.25. The molecule has 0 spiro atoms. The molecule has 1 heterocycles. The maximum absolute atomic E-state index is 12.2.